The normalized spacial score (nSPS) is 17.8. The Bertz CT molecular complexity index is 318. The number of rotatable bonds is 4. The van der Waals surface area contributed by atoms with E-state index < -0.39 is 0 Å². The highest BCUT2D eigenvalue weighted by atomic mass is 15.0. The van der Waals surface area contributed by atoms with Crippen LogP contribution in [0.25, 0.3) is 0 Å². The number of nitrogens with zero attached hydrogens (tertiary/aromatic N) is 1. The van der Waals surface area contributed by atoms with Crippen molar-refractivity contribution in [2.24, 2.45) is 5.41 Å². The van der Waals surface area contributed by atoms with Crippen LogP contribution in [0.3, 0.4) is 0 Å². The monoisotopic (exact) mass is 191 g/mol. The van der Waals surface area contributed by atoms with Crippen LogP contribution in [0.4, 0.5) is 11.5 Å². The Kier molecular flexibility index (Phi) is 2.32. The molecule has 1 aliphatic carbocycles. The van der Waals surface area contributed by atoms with Crippen molar-refractivity contribution in [3.05, 3.63) is 18.3 Å². The summed E-state index contributed by atoms with van der Waals surface area (Å²) in [7, 11) is 0. The van der Waals surface area contributed by atoms with Gasteiger partial charge in [0.1, 0.15) is 5.82 Å². The molecule has 0 aliphatic heterocycles. The molecule has 0 atom stereocenters. The van der Waals surface area contributed by atoms with Crippen molar-refractivity contribution in [1.29, 1.82) is 0 Å². The molecule has 1 saturated carbocycles. The quantitative estimate of drug-likeness (QED) is 0.767. The molecule has 14 heavy (non-hydrogen) atoms. The zero-order valence-electron chi connectivity index (χ0n) is 8.59. The lowest BCUT2D eigenvalue weighted by Crippen LogP contribution is -2.15. The van der Waals surface area contributed by atoms with Gasteiger partial charge in [0.05, 0.1) is 5.69 Å². The van der Waals surface area contributed by atoms with E-state index in [0.717, 1.165) is 12.2 Å². The number of nitrogens with two attached hydrogens (primary N) is 1. The van der Waals surface area contributed by atoms with Gasteiger partial charge in [-0.15, -0.1) is 0 Å². The van der Waals surface area contributed by atoms with Crippen LogP contribution in [0.1, 0.15) is 26.2 Å². The number of anilines is 2. The predicted octanol–water partition coefficient (Wildman–Crippen LogP) is 2.27. The highest BCUT2D eigenvalue weighted by molar-refractivity contribution is 5.61. The molecule has 0 radical (unpaired) electrons. The Morgan fingerprint density at radius 3 is 2.93 bits per heavy atom. The number of nitrogen functional groups attached to an aromatic ring is 1. The van der Waals surface area contributed by atoms with Crippen molar-refractivity contribution >= 4 is 11.5 Å². The molecule has 1 aromatic rings. The van der Waals surface area contributed by atoms with Crippen molar-refractivity contribution in [2.75, 3.05) is 17.6 Å². The lowest BCUT2D eigenvalue weighted by molar-refractivity contribution is 0.521. The minimum Gasteiger partial charge on any atom is -0.382 e. The van der Waals surface area contributed by atoms with E-state index >= 15 is 0 Å². The Morgan fingerprint density at radius 1 is 1.57 bits per heavy atom. The van der Waals surface area contributed by atoms with Gasteiger partial charge in [-0.05, 0) is 36.8 Å². The van der Waals surface area contributed by atoms with E-state index in [1.165, 1.54) is 19.3 Å². The Labute approximate surface area is 84.7 Å². The number of hydrogen-bond acceptors (Lipinski definition) is 3. The molecule has 0 saturated heterocycles. The zero-order valence-corrected chi connectivity index (χ0v) is 8.59. The van der Waals surface area contributed by atoms with Crippen LogP contribution in [0.5, 0.6) is 0 Å². The predicted molar refractivity (Wildman–Crippen MR) is 59.1 cm³/mol. The average molecular weight is 191 g/mol. The van der Waals surface area contributed by atoms with Gasteiger partial charge in [-0.25, -0.2) is 4.98 Å². The van der Waals surface area contributed by atoms with Crippen LogP contribution in [0.15, 0.2) is 18.3 Å². The van der Waals surface area contributed by atoms with Gasteiger partial charge in [0.2, 0.25) is 0 Å². The van der Waals surface area contributed by atoms with E-state index in [4.69, 9.17) is 5.73 Å². The van der Waals surface area contributed by atoms with E-state index in [1.807, 2.05) is 12.1 Å². The maximum absolute atomic E-state index is 5.74. The molecule has 1 aliphatic rings. The molecule has 0 bridgehead atoms. The summed E-state index contributed by atoms with van der Waals surface area (Å²) in [5.41, 5.74) is 7.25. The van der Waals surface area contributed by atoms with E-state index in [-0.39, 0.29) is 0 Å². The fourth-order valence-electron chi connectivity index (χ4n) is 1.68. The van der Waals surface area contributed by atoms with Gasteiger partial charge in [0, 0.05) is 12.7 Å². The SMILES string of the molecule is CCC1(CNc2cccnc2N)CC1. The Morgan fingerprint density at radius 2 is 2.36 bits per heavy atom. The van der Waals surface area contributed by atoms with E-state index in [9.17, 15) is 0 Å². The minimum absolute atomic E-state index is 0.544. The number of hydrogen-bond donors (Lipinski definition) is 2. The molecule has 1 aromatic heterocycles. The zero-order chi connectivity index (χ0) is 10.0. The van der Waals surface area contributed by atoms with E-state index in [0.29, 0.717) is 11.2 Å². The summed E-state index contributed by atoms with van der Waals surface area (Å²) in [6.45, 7) is 3.28. The Balaban J connectivity index is 1.95. The van der Waals surface area contributed by atoms with Gasteiger partial charge in [-0.2, -0.15) is 0 Å². The largest absolute Gasteiger partial charge is 0.382 e. The first-order chi connectivity index (χ1) is 6.76. The second-order valence-electron chi connectivity index (χ2n) is 4.14. The standard InChI is InChI=1S/C11H17N3/c1-2-11(5-6-11)8-14-9-4-3-7-13-10(9)12/h3-4,7,14H,2,5-6,8H2,1H3,(H2,12,13). The van der Waals surface area contributed by atoms with Crippen LogP contribution in [0.2, 0.25) is 0 Å². The van der Waals surface area contributed by atoms with Crippen LogP contribution in [0, 0.1) is 5.41 Å². The molecule has 76 valence electrons. The van der Waals surface area contributed by atoms with Crippen molar-refractivity contribution < 1.29 is 0 Å². The van der Waals surface area contributed by atoms with Crippen molar-refractivity contribution in [2.45, 2.75) is 26.2 Å². The first kappa shape index (κ1) is 9.31. The fraction of sp³-hybridized carbons (Fsp3) is 0.545. The summed E-state index contributed by atoms with van der Waals surface area (Å²) in [5.74, 6) is 0.597. The maximum atomic E-state index is 5.74. The van der Waals surface area contributed by atoms with Gasteiger partial charge in [0.25, 0.3) is 0 Å². The Hall–Kier alpha value is -1.25. The summed E-state index contributed by atoms with van der Waals surface area (Å²) in [6, 6.07) is 3.89. The van der Waals surface area contributed by atoms with Crippen molar-refractivity contribution in [3.8, 4) is 0 Å². The molecule has 3 heteroatoms. The number of aromatic nitrogens is 1. The van der Waals surface area contributed by atoms with Gasteiger partial charge < -0.3 is 11.1 Å². The summed E-state index contributed by atoms with van der Waals surface area (Å²) >= 11 is 0. The molecule has 0 amide bonds. The molecule has 3 nitrogen and oxygen atoms in total. The van der Waals surface area contributed by atoms with Crippen LogP contribution in [-0.2, 0) is 0 Å². The minimum atomic E-state index is 0.544. The second kappa shape index (κ2) is 3.48. The molecule has 3 N–H and O–H groups in total. The lowest BCUT2D eigenvalue weighted by Gasteiger charge is -2.15. The molecule has 0 unspecified atom stereocenters. The molecular weight excluding hydrogens is 174 g/mol. The fourth-order valence-corrected chi connectivity index (χ4v) is 1.68. The molecule has 0 spiro atoms. The highest BCUT2D eigenvalue weighted by Crippen LogP contribution is 2.48. The highest BCUT2D eigenvalue weighted by Gasteiger charge is 2.40. The molecule has 2 rings (SSSR count). The van der Waals surface area contributed by atoms with Crippen LogP contribution in [-0.4, -0.2) is 11.5 Å². The number of pyridine rings is 1. The maximum Gasteiger partial charge on any atom is 0.146 e. The summed E-state index contributed by atoms with van der Waals surface area (Å²) in [5, 5.41) is 3.38. The van der Waals surface area contributed by atoms with Gasteiger partial charge in [-0.3, -0.25) is 0 Å². The molecule has 1 fully saturated rings. The summed E-state index contributed by atoms with van der Waals surface area (Å²) < 4.78 is 0. The first-order valence-corrected chi connectivity index (χ1v) is 5.20. The van der Waals surface area contributed by atoms with Gasteiger partial charge >= 0.3 is 0 Å². The first-order valence-electron chi connectivity index (χ1n) is 5.20. The van der Waals surface area contributed by atoms with E-state index in [1.54, 1.807) is 6.20 Å². The van der Waals surface area contributed by atoms with Gasteiger partial charge in [-0.1, -0.05) is 6.92 Å². The second-order valence-corrected chi connectivity index (χ2v) is 4.14. The topological polar surface area (TPSA) is 50.9 Å². The molecule has 0 aromatic carbocycles. The number of nitrogens with one attached hydrogen (secondary N) is 1. The summed E-state index contributed by atoms with van der Waals surface area (Å²) in [4.78, 5) is 4.04. The van der Waals surface area contributed by atoms with Crippen LogP contribution >= 0.6 is 0 Å². The summed E-state index contributed by atoms with van der Waals surface area (Å²) in [6.07, 6.45) is 5.65. The average Bonchev–Trinajstić information content (AvgIpc) is 2.98. The van der Waals surface area contributed by atoms with Crippen molar-refractivity contribution in [1.82, 2.24) is 4.98 Å². The van der Waals surface area contributed by atoms with Crippen molar-refractivity contribution in [3.63, 3.8) is 0 Å². The third-order valence-corrected chi connectivity index (χ3v) is 3.20. The molecule has 1 heterocycles. The van der Waals surface area contributed by atoms with E-state index in [2.05, 4.69) is 17.2 Å². The molecular formula is C11H17N3. The smallest absolute Gasteiger partial charge is 0.146 e. The van der Waals surface area contributed by atoms with Gasteiger partial charge in [0.15, 0.2) is 0 Å². The third-order valence-electron chi connectivity index (χ3n) is 3.20. The lowest BCUT2D eigenvalue weighted by atomic mass is 10.0. The van der Waals surface area contributed by atoms with Crippen LogP contribution < -0.4 is 11.1 Å². The third kappa shape index (κ3) is 1.81.